The Kier molecular flexibility index (Phi) is 5.76. The van der Waals surface area contributed by atoms with Crippen molar-refractivity contribution in [1.82, 2.24) is 5.01 Å². The third-order valence-electron chi connectivity index (χ3n) is 5.73. The summed E-state index contributed by atoms with van der Waals surface area (Å²) in [5, 5.41) is 7.02. The fourth-order valence-corrected chi connectivity index (χ4v) is 4.40. The highest BCUT2D eigenvalue weighted by Gasteiger charge is 2.41. The van der Waals surface area contributed by atoms with Crippen molar-refractivity contribution in [2.24, 2.45) is 5.10 Å². The molecular formula is C22H27ClN3O3+. The highest BCUT2D eigenvalue weighted by atomic mass is 35.5. The maximum Gasteiger partial charge on any atom is 0.301 e. The van der Waals surface area contributed by atoms with Crippen molar-refractivity contribution in [1.29, 1.82) is 0 Å². The number of carbonyl (C=O) groups excluding carboxylic acids is 1. The number of halogens is 1. The van der Waals surface area contributed by atoms with Crippen molar-refractivity contribution in [3.63, 3.8) is 0 Å². The Labute approximate surface area is 176 Å². The van der Waals surface area contributed by atoms with E-state index in [1.54, 1.807) is 11.3 Å². The summed E-state index contributed by atoms with van der Waals surface area (Å²) < 4.78 is 11.5. The number of amides is 1. The molecule has 6 nitrogen and oxygen atoms in total. The van der Waals surface area contributed by atoms with E-state index in [4.69, 9.17) is 25.9 Å². The fourth-order valence-electron chi connectivity index (χ4n) is 4.27. The molecule has 2 aromatic rings. The van der Waals surface area contributed by atoms with E-state index < -0.39 is 0 Å². The topological polar surface area (TPSA) is 59.5 Å². The molecule has 0 unspecified atom stereocenters. The Morgan fingerprint density at radius 3 is 2.52 bits per heavy atom. The normalized spacial score (nSPS) is 28.3. The van der Waals surface area contributed by atoms with Crippen LogP contribution in [0.5, 0.6) is 0 Å². The largest absolute Gasteiger partial charge is 0.467 e. The van der Waals surface area contributed by atoms with Gasteiger partial charge in [0.2, 0.25) is 0 Å². The number of nitrogens with one attached hydrogen (secondary N) is 1. The molecule has 4 rings (SSSR count). The number of furan rings is 1. The van der Waals surface area contributed by atoms with Crippen LogP contribution in [0.2, 0.25) is 5.02 Å². The molecule has 2 aliphatic heterocycles. The fraction of sp³-hybridized carbons (Fsp3) is 0.455. The number of benzene rings is 1. The molecule has 0 saturated carbocycles. The molecule has 1 saturated heterocycles. The van der Waals surface area contributed by atoms with Crippen LogP contribution in [0.4, 0.5) is 0 Å². The van der Waals surface area contributed by atoms with Gasteiger partial charge in [-0.05, 0) is 50.6 Å². The van der Waals surface area contributed by atoms with Crippen LogP contribution in [0.15, 0.2) is 52.2 Å². The van der Waals surface area contributed by atoms with Crippen LogP contribution in [0.1, 0.15) is 44.6 Å². The van der Waals surface area contributed by atoms with Gasteiger partial charge in [0.05, 0.1) is 12.0 Å². The number of ether oxygens (including phenoxy) is 1. The van der Waals surface area contributed by atoms with E-state index >= 15 is 0 Å². The summed E-state index contributed by atoms with van der Waals surface area (Å²) in [6.45, 7) is 7.72. The van der Waals surface area contributed by atoms with Crippen LogP contribution in [0.3, 0.4) is 0 Å². The molecule has 0 aliphatic carbocycles. The second-order valence-corrected chi connectivity index (χ2v) is 8.45. The Balaban J connectivity index is 1.60. The third-order valence-corrected chi connectivity index (χ3v) is 5.98. The van der Waals surface area contributed by atoms with E-state index in [-0.39, 0.29) is 30.2 Å². The summed E-state index contributed by atoms with van der Waals surface area (Å²) in [4.78, 5) is 14.7. The first-order chi connectivity index (χ1) is 13.9. The van der Waals surface area contributed by atoms with E-state index in [0.29, 0.717) is 11.4 Å². The monoisotopic (exact) mass is 416 g/mol. The third kappa shape index (κ3) is 4.25. The second-order valence-electron chi connectivity index (χ2n) is 8.02. The van der Waals surface area contributed by atoms with Crippen LogP contribution in [-0.4, -0.2) is 48.0 Å². The van der Waals surface area contributed by atoms with Gasteiger partial charge in [0.15, 0.2) is 6.04 Å². The SMILES string of the molecule is C[C@H]1C[NH+]([C@@H](C)C(=O)N2N=C(c3ccc(Cl)cc3)C[C@H]2c2ccco2)C[C@H](C)O1. The van der Waals surface area contributed by atoms with Gasteiger partial charge in [-0.2, -0.15) is 5.10 Å². The molecular weight excluding hydrogens is 390 g/mol. The molecule has 0 spiro atoms. The average molecular weight is 417 g/mol. The number of hydrogen-bond donors (Lipinski definition) is 1. The zero-order valence-corrected chi connectivity index (χ0v) is 17.7. The van der Waals surface area contributed by atoms with Crippen molar-refractivity contribution >= 4 is 23.2 Å². The van der Waals surface area contributed by atoms with Gasteiger partial charge in [0.25, 0.3) is 0 Å². The molecule has 7 heteroatoms. The maximum atomic E-state index is 13.5. The summed E-state index contributed by atoms with van der Waals surface area (Å²) in [6.07, 6.45) is 2.52. The van der Waals surface area contributed by atoms with E-state index in [2.05, 4.69) is 13.8 Å². The van der Waals surface area contributed by atoms with Gasteiger partial charge in [-0.25, -0.2) is 5.01 Å². The van der Waals surface area contributed by atoms with Crippen molar-refractivity contribution in [2.75, 3.05) is 13.1 Å². The van der Waals surface area contributed by atoms with E-state index in [1.807, 2.05) is 43.3 Å². The van der Waals surface area contributed by atoms with Gasteiger partial charge in [0, 0.05) is 11.4 Å². The van der Waals surface area contributed by atoms with Crippen LogP contribution < -0.4 is 4.90 Å². The van der Waals surface area contributed by atoms with Gasteiger partial charge >= 0.3 is 5.91 Å². The van der Waals surface area contributed by atoms with E-state index in [9.17, 15) is 4.79 Å². The smallest absolute Gasteiger partial charge is 0.301 e. The first kappa shape index (κ1) is 20.1. The van der Waals surface area contributed by atoms with Gasteiger partial charge in [-0.15, -0.1) is 0 Å². The Bertz CT molecular complexity index is 871. The molecule has 3 heterocycles. The number of quaternary nitrogens is 1. The predicted molar refractivity (Wildman–Crippen MR) is 111 cm³/mol. The highest BCUT2D eigenvalue weighted by molar-refractivity contribution is 6.30. The number of morpholine rings is 1. The zero-order valence-electron chi connectivity index (χ0n) is 17.0. The number of hydrogen-bond acceptors (Lipinski definition) is 4. The molecule has 29 heavy (non-hydrogen) atoms. The minimum atomic E-state index is -0.235. The molecule has 1 N–H and O–H groups in total. The van der Waals surface area contributed by atoms with Gasteiger partial charge in [-0.3, -0.25) is 4.79 Å². The molecule has 0 radical (unpaired) electrons. The van der Waals surface area contributed by atoms with Gasteiger partial charge in [0.1, 0.15) is 37.1 Å². The summed E-state index contributed by atoms with van der Waals surface area (Å²) in [7, 11) is 0. The molecule has 1 aromatic heterocycles. The molecule has 2 aliphatic rings. The Morgan fingerprint density at radius 2 is 1.90 bits per heavy atom. The Morgan fingerprint density at radius 1 is 1.21 bits per heavy atom. The zero-order chi connectivity index (χ0) is 20.5. The maximum absolute atomic E-state index is 13.5. The summed E-state index contributed by atoms with van der Waals surface area (Å²) in [6, 6.07) is 10.9. The van der Waals surface area contributed by atoms with E-state index in [0.717, 1.165) is 30.1 Å². The lowest BCUT2D eigenvalue weighted by Crippen LogP contribution is -3.19. The van der Waals surface area contributed by atoms with Crippen LogP contribution >= 0.6 is 11.6 Å². The molecule has 1 fully saturated rings. The van der Waals surface area contributed by atoms with Crippen molar-refractivity contribution in [3.05, 3.63) is 59.0 Å². The molecule has 1 aromatic carbocycles. The molecule has 1 amide bonds. The summed E-state index contributed by atoms with van der Waals surface area (Å²) in [5.41, 5.74) is 1.83. The summed E-state index contributed by atoms with van der Waals surface area (Å²) >= 11 is 6.03. The minimum Gasteiger partial charge on any atom is -0.467 e. The number of hydrazone groups is 1. The van der Waals surface area contributed by atoms with Crippen molar-refractivity contribution < 1.29 is 18.8 Å². The van der Waals surface area contributed by atoms with Crippen LogP contribution in [0.25, 0.3) is 0 Å². The number of nitrogens with zero attached hydrogens (tertiary/aromatic N) is 2. The van der Waals surface area contributed by atoms with Gasteiger partial charge < -0.3 is 14.1 Å². The first-order valence-electron chi connectivity index (χ1n) is 10.1. The predicted octanol–water partition coefficient (Wildman–Crippen LogP) is 2.69. The highest BCUT2D eigenvalue weighted by Crippen LogP contribution is 2.33. The molecule has 154 valence electrons. The molecule has 0 bridgehead atoms. The van der Waals surface area contributed by atoms with Crippen molar-refractivity contribution in [3.8, 4) is 0 Å². The quantitative estimate of drug-likeness (QED) is 0.833. The van der Waals surface area contributed by atoms with Crippen LogP contribution in [-0.2, 0) is 9.53 Å². The van der Waals surface area contributed by atoms with E-state index in [1.165, 1.54) is 4.90 Å². The average Bonchev–Trinajstić information content (AvgIpc) is 3.36. The van der Waals surface area contributed by atoms with Crippen molar-refractivity contribution in [2.45, 2.75) is 51.5 Å². The summed E-state index contributed by atoms with van der Waals surface area (Å²) in [5.74, 6) is 0.753. The number of carbonyl (C=O) groups is 1. The lowest BCUT2D eigenvalue weighted by atomic mass is 10.0. The minimum absolute atomic E-state index is 0.00617. The Hall–Kier alpha value is -2.15. The standard InChI is InChI=1S/C22H26ClN3O3/c1-14-12-25(13-15(2)29-14)16(3)22(27)26-20(21-5-4-10-28-21)11-19(24-26)17-6-8-18(23)9-7-17/h4-10,14-16,20H,11-13H2,1-3H3/p+1/t14-,15-,16-,20-/m0/s1. The van der Waals surface area contributed by atoms with Gasteiger partial charge in [-0.1, -0.05) is 23.7 Å². The lowest BCUT2D eigenvalue weighted by molar-refractivity contribution is -0.928. The number of rotatable bonds is 4. The second kappa shape index (κ2) is 8.30. The molecule has 4 atom stereocenters. The lowest BCUT2D eigenvalue weighted by Gasteiger charge is -2.36. The first-order valence-corrected chi connectivity index (χ1v) is 10.5. The van der Waals surface area contributed by atoms with Crippen LogP contribution in [0, 0.1) is 0 Å².